The Bertz CT molecular complexity index is 649. The fourth-order valence-corrected chi connectivity index (χ4v) is 6.70. The van der Waals surface area contributed by atoms with Gasteiger partial charge in [0.2, 0.25) is 11.8 Å². The smallest absolute Gasteiger partial charge is 0.248 e. The maximum Gasteiger partial charge on any atom is 0.248 e. The van der Waals surface area contributed by atoms with Gasteiger partial charge in [0.15, 0.2) is 5.82 Å². The Kier molecular flexibility index (Phi) is 3.39. The Labute approximate surface area is 144 Å². The minimum atomic E-state index is -0.223. The van der Waals surface area contributed by atoms with Crippen LogP contribution in [-0.2, 0) is 11.2 Å². The Morgan fingerprint density at radius 1 is 1.25 bits per heavy atom. The molecule has 3 atom stereocenters. The van der Waals surface area contributed by atoms with E-state index < -0.39 is 0 Å². The van der Waals surface area contributed by atoms with E-state index in [-0.39, 0.29) is 17.4 Å². The topological polar surface area (TPSA) is 68.0 Å². The van der Waals surface area contributed by atoms with E-state index >= 15 is 0 Å². The van der Waals surface area contributed by atoms with Crippen molar-refractivity contribution in [2.24, 2.45) is 22.2 Å². The highest BCUT2D eigenvalue weighted by atomic mass is 16.5. The maximum absolute atomic E-state index is 13.2. The van der Waals surface area contributed by atoms with Crippen molar-refractivity contribution in [2.75, 3.05) is 0 Å². The van der Waals surface area contributed by atoms with Crippen LogP contribution in [0.25, 0.3) is 0 Å². The summed E-state index contributed by atoms with van der Waals surface area (Å²) in [4.78, 5) is 17.6. The second-order valence-electron chi connectivity index (χ2n) is 9.51. The van der Waals surface area contributed by atoms with Gasteiger partial charge < -0.3 is 9.84 Å². The molecule has 4 bridgehead atoms. The molecule has 24 heavy (non-hydrogen) atoms. The third-order valence-corrected chi connectivity index (χ3v) is 6.63. The van der Waals surface area contributed by atoms with E-state index in [1.54, 1.807) is 0 Å². The first kappa shape index (κ1) is 16.1. The van der Waals surface area contributed by atoms with Crippen molar-refractivity contribution in [1.82, 2.24) is 15.5 Å². The quantitative estimate of drug-likeness (QED) is 0.911. The van der Waals surface area contributed by atoms with Gasteiger partial charge in [-0.2, -0.15) is 4.98 Å². The van der Waals surface area contributed by atoms with Gasteiger partial charge >= 0.3 is 0 Å². The average Bonchev–Trinajstić information content (AvgIpc) is 2.92. The van der Waals surface area contributed by atoms with Crippen LogP contribution in [0.5, 0.6) is 0 Å². The first-order valence-corrected chi connectivity index (χ1v) is 9.38. The molecule has 0 unspecified atom stereocenters. The molecular weight excluding hydrogens is 302 g/mol. The highest BCUT2D eigenvalue weighted by Crippen LogP contribution is 2.69. The van der Waals surface area contributed by atoms with Gasteiger partial charge in [-0.25, -0.2) is 0 Å². The number of nitrogens with zero attached hydrogens (tertiary/aromatic N) is 2. The molecule has 4 aliphatic rings. The van der Waals surface area contributed by atoms with Crippen molar-refractivity contribution in [3.05, 3.63) is 11.7 Å². The molecular formula is C19H29N3O2. The average molecular weight is 331 g/mol. The normalized spacial score (nSPS) is 41.4. The number of hydrogen-bond acceptors (Lipinski definition) is 4. The predicted molar refractivity (Wildman–Crippen MR) is 90.1 cm³/mol. The summed E-state index contributed by atoms with van der Waals surface area (Å²) in [5, 5.41) is 7.13. The largest absolute Gasteiger partial charge is 0.344 e. The zero-order chi connectivity index (χ0) is 17.2. The summed E-state index contributed by atoms with van der Waals surface area (Å²) in [6, 6.07) is -0.223. The lowest BCUT2D eigenvalue weighted by molar-refractivity contribution is -0.170. The van der Waals surface area contributed by atoms with Crippen molar-refractivity contribution in [2.45, 2.75) is 78.7 Å². The van der Waals surface area contributed by atoms with Crippen molar-refractivity contribution in [3.63, 3.8) is 0 Å². The van der Waals surface area contributed by atoms with Crippen LogP contribution in [0.4, 0.5) is 0 Å². The molecule has 1 aromatic rings. The van der Waals surface area contributed by atoms with Crippen molar-refractivity contribution < 1.29 is 9.32 Å². The van der Waals surface area contributed by atoms with E-state index in [0.717, 1.165) is 25.7 Å². The summed E-state index contributed by atoms with van der Waals surface area (Å²) >= 11 is 0. The van der Waals surface area contributed by atoms with Crippen LogP contribution in [0.3, 0.4) is 0 Å². The molecule has 1 amide bonds. The fraction of sp³-hybridized carbons (Fsp3) is 0.842. The second-order valence-corrected chi connectivity index (χ2v) is 9.51. The maximum atomic E-state index is 13.2. The van der Waals surface area contributed by atoms with Crippen LogP contribution < -0.4 is 5.32 Å². The first-order chi connectivity index (χ1) is 11.2. The summed E-state index contributed by atoms with van der Waals surface area (Å²) in [7, 11) is 0. The molecule has 0 spiro atoms. The molecule has 1 heterocycles. The number of amides is 1. The van der Waals surface area contributed by atoms with Gasteiger partial charge in [0.05, 0.1) is 5.41 Å². The van der Waals surface area contributed by atoms with E-state index in [9.17, 15) is 4.79 Å². The molecule has 1 N–H and O–H groups in total. The van der Waals surface area contributed by atoms with Gasteiger partial charge in [-0.15, -0.1) is 0 Å². The molecule has 5 nitrogen and oxygen atoms in total. The number of aryl methyl sites for hydroxylation is 1. The molecule has 5 rings (SSSR count). The Hall–Kier alpha value is -1.39. The molecule has 4 fully saturated rings. The lowest BCUT2D eigenvalue weighted by atomic mass is 9.40. The number of aromatic nitrogens is 2. The lowest BCUT2D eigenvalue weighted by Gasteiger charge is -2.64. The molecule has 0 radical (unpaired) electrons. The summed E-state index contributed by atoms with van der Waals surface area (Å²) < 4.78 is 5.30. The number of rotatable bonds is 4. The van der Waals surface area contributed by atoms with Gasteiger partial charge in [0.1, 0.15) is 6.04 Å². The third kappa shape index (κ3) is 2.47. The van der Waals surface area contributed by atoms with E-state index in [4.69, 9.17) is 4.52 Å². The molecule has 4 saturated carbocycles. The molecule has 0 aliphatic heterocycles. The number of hydrogen-bond donors (Lipinski definition) is 1. The van der Waals surface area contributed by atoms with Gasteiger partial charge in [0.25, 0.3) is 0 Å². The summed E-state index contributed by atoms with van der Waals surface area (Å²) in [5.74, 6) is 2.13. The lowest BCUT2D eigenvalue weighted by Crippen LogP contribution is -2.60. The zero-order valence-corrected chi connectivity index (χ0v) is 15.3. The molecule has 4 aliphatic carbocycles. The van der Waals surface area contributed by atoms with Crippen LogP contribution in [-0.4, -0.2) is 16.0 Å². The monoisotopic (exact) mass is 331 g/mol. The minimum Gasteiger partial charge on any atom is -0.344 e. The number of carbonyl (C=O) groups excluding carboxylic acids is 1. The standard InChI is InChI=1S/C19H29N3O2/c1-5-14-21-15(24-22-14)12(2)20-16(23)19-8-13-6-17(3,10-19)9-18(4,7-13)11-19/h12-13H,5-11H2,1-4H3,(H,20,23)/t12-,13?,17-,18-,19?/m1/s1. The number of carbonyl (C=O) groups is 1. The summed E-state index contributed by atoms with van der Waals surface area (Å²) in [5.41, 5.74) is 0.494. The molecule has 0 aromatic carbocycles. The van der Waals surface area contributed by atoms with E-state index in [0.29, 0.717) is 28.5 Å². The minimum absolute atomic E-state index is 0.190. The van der Waals surface area contributed by atoms with Crippen LogP contribution in [0.1, 0.15) is 84.0 Å². The molecule has 1 aromatic heterocycles. The molecule has 0 saturated heterocycles. The van der Waals surface area contributed by atoms with E-state index in [2.05, 4.69) is 29.3 Å². The second kappa shape index (κ2) is 5.06. The zero-order valence-electron chi connectivity index (χ0n) is 15.3. The molecule has 132 valence electrons. The van der Waals surface area contributed by atoms with E-state index in [1.807, 2.05) is 13.8 Å². The third-order valence-electron chi connectivity index (χ3n) is 6.63. The highest BCUT2D eigenvalue weighted by Gasteiger charge is 2.62. The Morgan fingerprint density at radius 3 is 2.46 bits per heavy atom. The Balaban J connectivity index is 1.53. The number of nitrogens with one attached hydrogen (secondary N) is 1. The first-order valence-electron chi connectivity index (χ1n) is 9.38. The van der Waals surface area contributed by atoms with Crippen LogP contribution in [0.15, 0.2) is 4.52 Å². The highest BCUT2D eigenvalue weighted by molar-refractivity contribution is 5.83. The van der Waals surface area contributed by atoms with Gasteiger partial charge in [-0.3, -0.25) is 4.79 Å². The van der Waals surface area contributed by atoms with Crippen LogP contribution in [0, 0.1) is 22.2 Å². The predicted octanol–water partition coefficient (Wildman–Crippen LogP) is 3.81. The van der Waals surface area contributed by atoms with Gasteiger partial charge in [-0.05, 0) is 62.2 Å². The Morgan fingerprint density at radius 2 is 1.92 bits per heavy atom. The van der Waals surface area contributed by atoms with Crippen molar-refractivity contribution >= 4 is 5.91 Å². The fourth-order valence-electron chi connectivity index (χ4n) is 6.70. The van der Waals surface area contributed by atoms with Crippen LogP contribution >= 0.6 is 0 Å². The summed E-state index contributed by atoms with van der Waals surface area (Å²) in [6.45, 7) is 8.73. The van der Waals surface area contributed by atoms with Gasteiger partial charge in [0, 0.05) is 6.42 Å². The SMILES string of the molecule is CCc1noc([C@@H](C)NC(=O)C23CC4C[C@@](C)(C2)C[C@@](C)(C4)C3)n1. The van der Waals surface area contributed by atoms with Crippen molar-refractivity contribution in [3.8, 4) is 0 Å². The van der Waals surface area contributed by atoms with Gasteiger partial charge in [-0.1, -0.05) is 25.9 Å². The van der Waals surface area contributed by atoms with E-state index in [1.165, 1.54) is 19.3 Å². The van der Waals surface area contributed by atoms with Crippen molar-refractivity contribution in [1.29, 1.82) is 0 Å². The molecule has 5 heteroatoms. The van der Waals surface area contributed by atoms with Crippen LogP contribution in [0.2, 0.25) is 0 Å². The summed E-state index contributed by atoms with van der Waals surface area (Å²) in [6.07, 6.45) is 7.76.